The SMILES string of the molecule is Cc1cn(Cc2cn(C[C]3[CH][CH][CH][CH]3)nn2)c(=O)[nH]c1=O. The van der Waals surface area contributed by atoms with E-state index in [1.54, 1.807) is 17.8 Å². The molecule has 107 valence electrons. The second-order valence-electron chi connectivity index (χ2n) is 4.90. The van der Waals surface area contributed by atoms with E-state index >= 15 is 0 Å². The first kappa shape index (κ1) is 13.8. The zero-order valence-corrected chi connectivity index (χ0v) is 11.5. The summed E-state index contributed by atoms with van der Waals surface area (Å²) in [5.74, 6) is 1.14. The van der Waals surface area contributed by atoms with Gasteiger partial charge in [0.05, 0.1) is 12.7 Å². The normalized spacial score (nSPS) is 15.7. The third-order valence-corrected chi connectivity index (χ3v) is 3.18. The van der Waals surface area contributed by atoms with Crippen molar-refractivity contribution >= 4 is 0 Å². The molecule has 5 radical (unpaired) electrons. The smallest absolute Gasteiger partial charge is 0.294 e. The Kier molecular flexibility index (Phi) is 3.72. The Morgan fingerprint density at radius 1 is 1.14 bits per heavy atom. The predicted octanol–water partition coefficient (Wildman–Crippen LogP) is -0.110. The second-order valence-corrected chi connectivity index (χ2v) is 4.90. The van der Waals surface area contributed by atoms with Gasteiger partial charge in [-0.1, -0.05) is 5.21 Å². The van der Waals surface area contributed by atoms with Gasteiger partial charge in [-0.3, -0.25) is 19.0 Å². The van der Waals surface area contributed by atoms with Crippen LogP contribution in [0.15, 0.2) is 22.0 Å². The van der Waals surface area contributed by atoms with Crippen molar-refractivity contribution in [3.8, 4) is 0 Å². The summed E-state index contributed by atoms with van der Waals surface area (Å²) in [7, 11) is 0. The van der Waals surface area contributed by atoms with E-state index in [4.69, 9.17) is 0 Å². The van der Waals surface area contributed by atoms with Crippen molar-refractivity contribution in [1.82, 2.24) is 24.5 Å². The molecular weight excluding hydrogens is 270 g/mol. The highest BCUT2D eigenvalue weighted by atomic mass is 16.2. The van der Waals surface area contributed by atoms with Crippen LogP contribution in [0.25, 0.3) is 0 Å². The molecule has 0 amide bonds. The number of nitrogens with one attached hydrogen (secondary N) is 1. The average molecular weight is 284 g/mol. The first-order chi connectivity index (χ1) is 10.1. The fraction of sp³-hybridized carbons (Fsp3) is 0.214. The van der Waals surface area contributed by atoms with Crippen LogP contribution in [0.1, 0.15) is 11.3 Å². The second kappa shape index (κ2) is 5.67. The number of H-pyrrole nitrogens is 1. The van der Waals surface area contributed by atoms with Gasteiger partial charge >= 0.3 is 5.69 Å². The van der Waals surface area contributed by atoms with Crippen LogP contribution in [0.2, 0.25) is 0 Å². The topological polar surface area (TPSA) is 85.6 Å². The van der Waals surface area contributed by atoms with Crippen LogP contribution in [0.5, 0.6) is 0 Å². The molecule has 0 atom stereocenters. The Labute approximate surface area is 121 Å². The summed E-state index contributed by atoms with van der Waals surface area (Å²) in [6.07, 6.45) is 11.3. The number of aromatic amines is 1. The summed E-state index contributed by atoms with van der Waals surface area (Å²) in [6, 6.07) is 0. The number of nitrogens with zero attached hydrogens (tertiary/aromatic N) is 4. The van der Waals surface area contributed by atoms with Crippen LogP contribution < -0.4 is 11.2 Å². The van der Waals surface area contributed by atoms with E-state index in [9.17, 15) is 9.59 Å². The summed E-state index contributed by atoms with van der Waals surface area (Å²) in [4.78, 5) is 25.3. The lowest BCUT2D eigenvalue weighted by atomic mass is 10.1. The Morgan fingerprint density at radius 2 is 1.90 bits per heavy atom. The zero-order chi connectivity index (χ0) is 14.8. The first-order valence-corrected chi connectivity index (χ1v) is 6.52. The molecule has 3 rings (SSSR count). The van der Waals surface area contributed by atoms with Crippen molar-refractivity contribution < 1.29 is 0 Å². The lowest BCUT2D eigenvalue weighted by molar-refractivity contribution is 0.618. The third kappa shape index (κ3) is 3.12. The fourth-order valence-corrected chi connectivity index (χ4v) is 2.11. The monoisotopic (exact) mass is 284 g/mol. The number of hydrogen-bond acceptors (Lipinski definition) is 4. The van der Waals surface area contributed by atoms with E-state index in [-0.39, 0.29) is 12.1 Å². The standard InChI is InChI=1S/C14H14N5O2/c1-10-6-18(14(21)15-13(10)20)8-12-9-19(17-16-12)7-11-4-2-3-5-11/h2-6,9H,7-8H2,1H3,(H,15,20,21). The molecule has 2 aromatic rings. The van der Waals surface area contributed by atoms with Gasteiger partial charge in [0.2, 0.25) is 0 Å². The molecule has 21 heavy (non-hydrogen) atoms. The molecule has 0 spiro atoms. The van der Waals surface area contributed by atoms with Crippen LogP contribution >= 0.6 is 0 Å². The molecule has 0 unspecified atom stereocenters. The predicted molar refractivity (Wildman–Crippen MR) is 75.6 cm³/mol. The van der Waals surface area contributed by atoms with Crippen molar-refractivity contribution in [2.24, 2.45) is 0 Å². The van der Waals surface area contributed by atoms with Gasteiger partial charge in [-0.05, 0) is 32.6 Å². The molecule has 7 heteroatoms. The molecule has 0 aromatic carbocycles. The lowest BCUT2D eigenvalue weighted by Crippen LogP contribution is -2.31. The van der Waals surface area contributed by atoms with E-state index in [1.165, 1.54) is 10.8 Å². The molecule has 2 aromatic heterocycles. The largest absolute Gasteiger partial charge is 0.328 e. The Morgan fingerprint density at radius 3 is 2.67 bits per heavy atom. The molecule has 2 heterocycles. The molecule has 1 aliphatic rings. The fourth-order valence-electron chi connectivity index (χ4n) is 2.11. The van der Waals surface area contributed by atoms with Crippen molar-refractivity contribution in [2.45, 2.75) is 20.0 Å². The maximum atomic E-state index is 11.7. The van der Waals surface area contributed by atoms with Gasteiger partial charge in [0.25, 0.3) is 5.56 Å². The summed E-state index contributed by atoms with van der Waals surface area (Å²) < 4.78 is 3.13. The number of hydrogen-bond donors (Lipinski definition) is 1. The molecule has 1 fully saturated rings. The molecule has 1 aliphatic carbocycles. The minimum absolute atomic E-state index is 0.275. The number of aromatic nitrogens is 5. The van der Waals surface area contributed by atoms with E-state index < -0.39 is 5.69 Å². The molecule has 7 nitrogen and oxygen atoms in total. The van der Waals surface area contributed by atoms with Crippen LogP contribution in [-0.4, -0.2) is 24.5 Å². The van der Waals surface area contributed by atoms with Crippen molar-refractivity contribution in [1.29, 1.82) is 0 Å². The average Bonchev–Trinajstić information content (AvgIpc) is 3.09. The van der Waals surface area contributed by atoms with E-state index in [0.717, 1.165) is 5.92 Å². The van der Waals surface area contributed by atoms with Crippen molar-refractivity contribution in [3.05, 3.63) is 76.1 Å². The third-order valence-electron chi connectivity index (χ3n) is 3.18. The highest BCUT2D eigenvalue weighted by molar-refractivity contribution is 5.34. The summed E-state index contributed by atoms with van der Waals surface area (Å²) in [6.45, 7) is 2.57. The van der Waals surface area contributed by atoms with Gasteiger partial charge in [0, 0.05) is 24.2 Å². The Bertz CT molecular complexity index is 736. The van der Waals surface area contributed by atoms with Gasteiger partial charge in [-0.25, -0.2) is 4.79 Å². The minimum Gasteiger partial charge on any atom is -0.294 e. The van der Waals surface area contributed by atoms with Gasteiger partial charge in [0.15, 0.2) is 0 Å². The summed E-state index contributed by atoms with van der Waals surface area (Å²) in [5, 5.41) is 8.08. The molecular formula is C14H14N5O2. The zero-order valence-electron chi connectivity index (χ0n) is 11.5. The maximum Gasteiger partial charge on any atom is 0.328 e. The minimum atomic E-state index is -0.448. The lowest BCUT2D eigenvalue weighted by Gasteiger charge is -2.06. The van der Waals surface area contributed by atoms with Gasteiger partial charge < -0.3 is 0 Å². The van der Waals surface area contributed by atoms with Crippen LogP contribution in [0.4, 0.5) is 0 Å². The molecule has 0 bridgehead atoms. The van der Waals surface area contributed by atoms with E-state index in [1.807, 2.05) is 25.7 Å². The first-order valence-electron chi connectivity index (χ1n) is 6.52. The summed E-state index contributed by atoms with van der Waals surface area (Å²) >= 11 is 0. The van der Waals surface area contributed by atoms with Crippen molar-refractivity contribution in [2.75, 3.05) is 0 Å². The number of aryl methyl sites for hydroxylation is 1. The Hall–Kier alpha value is -2.18. The highest BCUT2D eigenvalue weighted by Crippen LogP contribution is 2.24. The van der Waals surface area contributed by atoms with Crippen LogP contribution in [0, 0.1) is 38.5 Å². The molecule has 1 saturated carbocycles. The van der Waals surface area contributed by atoms with E-state index in [2.05, 4.69) is 15.3 Å². The van der Waals surface area contributed by atoms with Crippen LogP contribution in [-0.2, 0) is 13.1 Å². The van der Waals surface area contributed by atoms with Crippen molar-refractivity contribution in [3.63, 3.8) is 0 Å². The molecule has 0 saturated heterocycles. The molecule has 1 N–H and O–H groups in total. The highest BCUT2D eigenvalue weighted by Gasteiger charge is 2.18. The van der Waals surface area contributed by atoms with Gasteiger partial charge in [0.1, 0.15) is 5.69 Å². The number of rotatable bonds is 4. The quantitative estimate of drug-likeness (QED) is 0.849. The maximum absolute atomic E-state index is 11.7. The molecule has 0 aliphatic heterocycles. The summed E-state index contributed by atoms with van der Waals surface area (Å²) in [5.41, 5.74) is 0.334. The Balaban J connectivity index is 1.73. The van der Waals surface area contributed by atoms with E-state index in [0.29, 0.717) is 17.8 Å². The van der Waals surface area contributed by atoms with Gasteiger partial charge in [-0.15, -0.1) is 5.10 Å². The van der Waals surface area contributed by atoms with Crippen LogP contribution in [0.3, 0.4) is 0 Å². The van der Waals surface area contributed by atoms with Gasteiger partial charge in [-0.2, -0.15) is 0 Å².